The summed E-state index contributed by atoms with van der Waals surface area (Å²) in [6.45, 7) is 3.63. The first-order chi connectivity index (χ1) is 7.33. The topological polar surface area (TPSA) is 49.3 Å². The first kappa shape index (κ1) is 13.3. The van der Waals surface area contributed by atoms with Crippen molar-refractivity contribution < 1.29 is 9.90 Å². The number of halogens is 2. The minimum absolute atomic E-state index is 0.427. The molecule has 2 N–H and O–H groups in total. The molecule has 0 spiro atoms. The highest BCUT2D eigenvalue weighted by Gasteiger charge is 2.25. The third kappa shape index (κ3) is 3.37. The van der Waals surface area contributed by atoms with Crippen LogP contribution >= 0.6 is 23.2 Å². The Morgan fingerprint density at radius 1 is 1.38 bits per heavy atom. The molecule has 0 saturated heterocycles. The molecule has 0 unspecified atom stereocenters. The van der Waals surface area contributed by atoms with Gasteiger partial charge in [0.1, 0.15) is 5.54 Å². The largest absolute Gasteiger partial charge is 0.480 e. The van der Waals surface area contributed by atoms with Crippen molar-refractivity contribution in [1.82, 2.24) is 5.32 Å². The number of rotatable bonds is 4. The molecule has 16 heavy (non-hydrogen) atoms. The lowest BCUT2D eigenvalue weighted by molar-refractivity contribution is -0.143. The molecule has 0 bridgehead atoms. The second-order valence-electron chi connectivity index (χ2n) is 4.03. The van der Waals surface area contributed by atoms with E-state index in [1.54, 1.807) is 32.0 Å². The third-order valence-electron chi connectivity index (χ3n) is 2.25. The maximum Gasteiger partial charge on any atom is 0.323 e. The minimum atomic E-state index is -0.966. The van der Waals surface area contributed by atoms with E-state index in [9.17, 15) is 4.79 Å². The van der Waals surface area contributed by atoms with Crippen LogP contribution in [-0.4, -0.2) is 16.6 Å². The highest BCUT2D eigenvalue weighted by molar-refractivity contribution is 6.42. The SMILES string of the molecule is CC(C)(NCc1ccc(Cl)c(Cl)c1)C(=O)O. The van der Waals surface area contributed by atoms with E-state index >= 15 is 0 Å². The van der Waals surface area contributed by atoms with Gasteiger partial charge in [-0.15, -0.1) is 0 Å². The third-order valence-corrected chi connectivity index (χ3v) is 2.99. The van der Waals surface area contributed by atoms with Gasteiger partial charge in [0.05, 0.1) is 10.0 Å². The Labute approximate surface area is 104 Å². The molecule has 0 aliphatic heterocycles. The van der Waals surface area contributed by atoms with Crippen LogP contribution in [0.3, 0.4) is 0 Å². The van der Waals surface area contributed by atoms with Gasteiger partial charge in [-0.25, -0.2) is 0 Å². The summed E-state index contributed by atoms with van der Waals surface area (Å²) in [6.07, 6.45) is 0. The molecule has 0 heterocycles. The van der Waals surface area contributed by atoms with E-state index in [1.807, 2.05) is 0 Å². The molecule has 0 aromatic heterocycles. The molecule has 1 aromatic rings. The minimum Gasteiger partial charge on any atom is -0.480 e. The van der Waals surface area contributed by atoms with Crippen LogP contribution in [-0.2, 0) is 11.3 Å². The average molecular weight is 262 g/mol. The summed E-state index contributed by atoms with van der Waals surface area (Å²) in [6, 6.07) is 5.21. The summed E-state index contributed by atoms with van der Waals surface area (Å²) in [4.78, 5) is 10.9. The van der Waals surface area contributed by atoms with Crippen molar-refractivity contribution in [1.29, 1.82) is 0 Å². The fourth-order valence-electron chi connectivity index (χ4n) is 1.05. The molecule has 88 valence electrons. The molecule has 0 radical (unpaired) electrons. The van der Waals surface area contributed by atoms with Gasteiger partial charge in [-0.2, -0.15) is 0 Å². The van der Waals surface area contributed by atoms with Gasteiger partial charge in [0.25, 0.3) is 0 Å². The van der Waals surface area contributed by atoms with Crippen LogP contribution in [0.1, 0.15) is 19.4 Å². The van der Waals surface area contributed by atoms with Crippen molar-refractivity contribution in [2.45, 2.75) is 25.9 Å². The summed E-state index contributed by atoms with van der Waals surface area (Å²) in [5.74, 6) is -0.896. The van der Waals surface area contributed by atoms with Crippen molar-refractivity contribution >= 4 is 29.2 Å². The summed E-state index contributed by atoms with van der Waals surface area (Å²) in [7, 11) is 0. The molecule has 1 rings (SSSR count). The van der Waals surface area contributed by atoms with Gasteiger partial charge in [0.15, 0.2) is 0 Å². The van der Waals surface area contributed by atoms with Gasteiger partial charge >= 0.3 is 5.97 Å². The molecule has 0 fully saturated rings. The maximum atomic E-state index is 10.9. The van der Waals surface area contributed by atoms with Crippen molar-refractivity contribution in [3.05, 3.63) is 33.8 Å². The molecule has 5 heteroatoms. The highest BCUT2D eigenvalue weighted by atomic mass is 35.5. The zero-order chi connectivity index (χ0) is 12.3. The van der Waals surface area contributed by atoms with Gasteiger partial charge < -0.3 is 5.11 Å². The van der Waals surface area contributed by atoms with Crippen LogP contribution in [0.25, 0.3) is 0 Å². The van der Waals surface area contributed by atoms with Crippen LogP contribution in [0.15, 0.2) is 18.2 Å². The summed E-state index contributed by atoms with van der Waals surface area (Å²) < 4.78 is 0. The Morgan fingerprint density at radius 2 is 2.00 bits per heavy atom. The van der Waals surface area contributed by atoms with Crippen LogP contribution in [0.5, 0.6) is 0 Å². The Morgan fingerprint density at radius 3 is 2.50 bits per heavy atom. The maximum absolute atomic E-state index is 10.9. The predicted molar refractivity (Wildman–Crippen MR) is 65.0 cm³/mol. The lowest BCUT2D eigenvalue weighted by Gasteiger charge is -2.21. The Bertz CT molecular complexity index is 405. The smallest absolute Gasteiger partial charge is 0.323 e. The van der Waals surface area contributed by atoms with E-state index < -0.39 is 11.5 Å². The fourth-order valence-corrected chi connectivity index (χ4v) is 1.37. The van der Waals surface area contributed by atoms with E-state index in [-0.39, 0.29) is 0 Å². The molecule has 3 nitrogen and oxygen atoms in total. The van der Waals surface area contributed by atoms with E-state index in [1.165, 1.54) is 0 Å². The van der Waals surface area contributed by atoms with Crippen molar-refractivity contribution in [3.8, 4) is 0 Å². The zero-order valence-corrected chi connectivity index (χ0v) is 10.6. The number of carboxylic acids is 1. The molecule has 0 aliphatic carbocycles. The normalized spacial score (nSPS) is 11.5. The Balaban J connectivity index is 2.68. The molecule has 0 atom stereocenters. The molecule has 0 saturated carbocycles. The van der Waals surface area contributed by atoms with Crippen LogP contribution < -0.4 is 5.32 Å². The van der Waals surface area contributed by atoms with E-state index in [4.69, 9.17) is 28.3 Å². The monoisotopic (exact) mass is 261 g/mol. The lowest BCUT2D eigenvalue weighted by Crippen LogP contribution is -2.46. The van der Waals surface area contributed by atoms with Crippen molar-refractivity contribution in [2.75, 3.05) is 0 Å². The fraction of sp³-hybridized carbons (Fsp3) is 0.364. The summed E-state index contributed by atoms with van der Waals surface area (Å²) in [5.41, 5.74) is -0.0738. The van der Waals surface area contributed by atoms with Gasteiger partial charge in [-0.3, -0.25) is 10.1 Å². The highest BCUT2D eigenvalue weighted by Crippen LogP contribution is 2.22. The average Bonchev–Trinajstić information content (AvgIpc) is 2.20. The molecular weight excluding hydrogens is 249 g/mol. The van der Waals surface area contributed by atoms with Crippen LogP contribution in [0.2, 0.25) is 10.0 Å². The summed E-state index contributed by atoms with van der Waals surface area (Å²) >= 11 is 11.6. The number of benzene rings is 1. The molecule has 0 amide bonds. The Hall–Kier alpha value is -0.770. The molecule has 0 aliphatic rings. The quantitative estimate of drug-likeness (QED) is 0.877. The predicted octanol–water partition coefficient (Wildman–Crippen LogP) is 2.95. The molecular formula is C11H13Cl2NO2. The first-order valence-electron chi connectivity index (χ1n) is 4.75. The zero-order valence-electron chi connectivity index (χ0n) is 9.05. The number of carbonyl (C=O) groups is 1. The van der Waals surface area contributed by atoms with Crippen molar-refractivity contribution in [2.24, 2.45) is 0 Å². The number of nitrogens with one attached hydrogen (secondary N) is 1. The second kappa shape index (κ2) is 5.04. The second-order valence-corrected chi connectivity index (χ2v) is 4.85. The van der Waals surface area contributed by atoms with Gasteiger partial charge in [0, 0.05) is 6.54 Å². The summed E-state index contributed by atoms with van der Waals surface area (Å²) in [5, 5.41) is 12.8. The van der Waals surface area contributed by atoms with Crippen LogP contribution in [0, 0.1) is 0 Å². The van der Waals surface area contributed by atoms with Gasteiger partial charge in [-0.1, -0.05) is 29.3 Å². The first-order valence-corrected chi connectivity index (χ1v) is 5.51. The van der Waals surface area contributed by atoms with E-state index in [2.05, 4.69) is 5.32 Å². The number of hydrogen-bond acceptors (Lipinski definition) is 2. The number of carboxylic acid groups (broad SMARTS) is 1. The number of aliphatic carboxylic acids is 1. The van der Waals surface area contributed by atoms with Crippen LogP contribution in [0.4, 0.5) is 0 Å². The van der Waals surface area contributed by atoms with Gasteiger partial charge in [-0.05, 0) is 31.5 Å². The lowest BCUT2D eigenvalue weighted by atomic mass is 10.1. The Kier molecular flexibility index (Phi) is 4.19. The van der Waals surface area contributed by atoms with Gasteiger partial charge in [0.2, 0.25) is 0 Å². The van der Waals surface area contributed by atoms with E-state index in [0.717, 1.165) is 5.56 Å². The molecule has 1 aromatic carbocycles. The standard InChI is InChI=1S/C11H13Cl2NO2/c1-11(2,10(15)16)14-6-7-3-4-8(12)9(13)5-7/h3-5,14H,6H2,1-2H3,(H,15,16). The van der Waals surface area contributed by atoms with Crippen molar-refractivity contribution in [3.63, 3.8) is 0 Å². The number of hydrogen-bond donors (Lipinski definition) is 2. The van der Waals surface area contributed by atoms with E-state index in [0.29, 0.717) is 16.6 Å².